The molecule has 2 fully saturated rings. The van der Waals surface area contributed by atoms with E-state index < -0.39 is 48.4 Å². The molecule has 34 heavy (non-hydrogen) atoms. The maximum Gasteiger partial charge on any atom is 0.408 e. The van der Waals surface area contributed by atoms with Crippen molar-refractivity contribution < 1.29 is 33.0 Å². The fraction of sp³-hybridized carbons (Fsp3) is 0.400. The molecule has 2 aliphatic carbocycles. The Hall–Kier alpha value is -3.49. The molecule has 1 saturated carbocycles. The number of benzene rings is 2. The van der Waals surface area contributed by atoms with Gasteiger partial charge in [0.15, 0.2) is 0 Å². The molecule has 2 aromatic rings. The summed E-state index contributed by atoms with van der Waals surface area (Å²) < 4.78 is 33.3. The van der Waals surface area contributed by atoms with E-state index in [1.165, 1.54) is 0 Å². The maximum atomic E-state index is 13.9. The van der Waals surface area contributed by atoms with Gasteiger partial charge in [0.1, 0.15) is 18.2 Å². The quantitative estimate of drug-likeness (QED) is 0.694. The number of carbonyl (C=O) groups excluding carboxylic acids is 2. The van der Waals surface area contributed by atoms with E-state index in [1.54, 1.807) is 0 Å². The molecule has 3 aliphatic rings. The summed E-state index contributed by atoms with van der Waals surface area (Å²) in [6, 6.07) is 14.1. The zero-order chi connectivity index (χ0) is 24.1. The van der Waals surface area contributed by atoms with Crippen LogP contribution < -0.4 is 5.32 Å². The van der Waals surface area contributed by atoms with Crippen molar-refractivity contribution in [3.8, 4) is 11.1 Å². The van der Waals surface area contributed by atoms with Gasteiger partial charge in [-0.05, 0) is 41.5 Å². The highest BCUT2D eigenvalue weighted by molar-refractivity contribution is 5.94. The van der Waals surface area contributed by atoms with Crippen LogP contribution in [0, 0.1) is 0 Å². The third-order valence-corrected chi connectivity index (χ3v) is 7.12. The first-order chi connectivity index (χ1) is 16.2. The van der Waals surface area contributed by atoms with E-state index >= 15 is 0 Å². The zero-order valence-corrected chi connectivity index (χ0v) is 18.3. The zero-order valence-electron chi connectivity index (χ0n) is 18.3. The van der Waals surface area contributed by atoms with Crippen molar-refractivity contribution in [2.45, 2.75) is 49.1 Å². The predicted octanol–water partition coefficient (Wildman–Crippen LogP) is 3.77. The molecule has 178 valence electrons. The number of hydrogen-bond acceptors (Lipinski definition) is 4. The molecule has 0 radical (unpaired) electrons. The van der Waals surface area contributed by atoms with Crippen LogP contribution in [0.4, 0.5) is 13.6 Å². The highest BCUT2D eigenvalue weighted by atomic mass is 19.3. The number of halogens is 2. The van der Waals surface area contributed by atoms with Crippen LogP contribution in [-0.4, -0.2) is 58.6 Å². The van der Waals surface area contributed by atoms with Crippen molar-refractivity contribution in [3.05, 3.63) is 59.7 Å². The first-order valence-electron chi connectivity index (χ1n) is 11.3. The van der Waals surface area contributed by atoms with Crippen molar-refractivity contribution in [1.29, 1.82) is 0 Å². The van der Waals surface area contributed by atoms with E-state index in [0.29, 0.717) is 11.3 Å². The Bertz CT molecular complexity index is 1120. The van der Waals surface area contributed by atoms with Crippen molar-refractivity contribution >= 4 is 18.0 Å². The molecule has 2 N–H and O–H groups in total. The molecule has 1 saturated heterocycles. The van der Waals surface area contributed by atoms with Crippen molar-refractivity contribution in [2.24, 2.45) is 0 Å². The number of nitrogens with one attached hydrogen (secondary N) is 1. The topological polar surface area (TPSA) is 95.9 Å². The SMILES string of the molecule is O=C(NC1(C(=O)N2CC(F)(F)C[C@@H]2C(=O)O)CCC1)OCC1c2ccccc2-c2ccccc21. The summed E-state index contributed by atoms with van der Waals surface area (Å²) in [6.07, 6.45) is -0.672. The third-order valence-electron chi connectivity index (χ3n) is 7.12. The molecule has 2 aromatic carbocycles. The van der Waals surface area contributed by atoms with Crippen molar-refractivity contribution in [2.75, 3.05) is 13.2 Å². The number of alkyl halides is 2. The van der Waals surface area contributed by atoms with Crippen LogP contribution >= 0.6 is 0 Å². The van der Waals surface area contributed by atoms with Gasteiger partial charge in [-0.2, -0.15) is 0 Å². The van der Waals surface area contributed by atoms with Gasteiger partial charge < -0.3 is 20.1 Å². The van der Waals surface area contributed by atoms with Gasteiger partial charge in [-0.3, -0.25) is 4.79 Å². The summed E-state index contributed by atoms with van der Waals surface area (Å²) in [7, 11) is 0. The number of carbonyl (C=O) groups is 3. The van der Waals surface area contributed by atoms with Crippen LogP contribution in [0.25, 0.3) is 11.1 Å². The molecule has 0 unspecified atom stereocenters. The average molecular weight is 470 g/mol. The second kappa shape index (κ2) is 8.07. The number of likely N-dealkylation sites (tertiary alicyclic amines) is 1. The second-order valence-electron chi connectivity index (χ2n) is 9.23. The molecule has 2 amide bonds. The normalized spacial score (nSPS) is 21.8. The van der Waals surface area contributed by atoms with Gasteiger partial charge in [0.2, 0.25) is 5.91 Å². The maximum absolute atomic E-state index is 13.9. The number of fused-ring (bicyclic) bond motifs is 3. The summed E-state index contributed by atoms with van der Waals surface area (Å²) in [5.74, 6) is -5.73. The Kier molecular flexibility index (Phi) is 5.30. The number of carboxylic acid groups (broad SMARTS) is 1. The number of aliphatic carboxylic acids is 1. The van der Waals surface area contributed by atoms with Gasteiger partial charge in [-0.25, -0.2) is 18.4 Å². The van der Waals surface area contributed by atoms with E-state index in [0.717, 1.165) is 22.3 Å². The van der Waals surface area contributed by atoms with E-state index in [1.807, 2.05) is 48.5 Å². The average Bonchev–Trinajstić information content (AvgIpc) is 3.29. The minimum Gasteiger partial charge on any atom is -0.480 e. The van der Waals surface area contributed by atoms with Crippen molar-refractivity contribution in [3.63, 3.8) is 0 Å². The molecular weight excluding hydrogens is 446 g/mol. The number of carboxylic acids is 1. The summed E-state index contributed by atoms with van der Waals surface area (Å²) in [5, 5.41) is 11.9. The van der Waals surface area contributed by atoms with Gasteiger partial charge in [-0.15, -0.1) is 0 Å². The number of amides is 2. The lowest BCUT2D eigenvalue weighted by Crippen LogP contribution is -2.65. The number of hydrogen-bond donors (Lipinski definition) is 2. The van der Waals surface area contributed by atoms with Crippen LogP contribution in [0.2, 0.25) is 0 Å². The van der Waals surface area contributed by atoms with Gasteiger partial charge in [0.05, 0.1) is 6.54 Å². The van der Waals surface area contributed by atoms with Gasteiger partial charge >= 0.3 is 12.1 Å². The fourth-order valence-electron chi connectivity index (χ4n) is 5.28. The predicted molar refractivity (Wildman–Crippen MR) is 117 cm³/mol. The minimum atomic E-state index is -3.28. The molecule has 7 nitrogen and oxygen atoms in total. The molecule has 0 bridgehead atoms. The summed E-state index contributed by atoms with van der Waals surface area (Å²) in [6.45, 7) is -0.930. The number of ether oxygens (including phenoxy) is 1. The van der Waals surface area contributed by atoms with E-state index in [2.05, 4.69) is 5.32 Å². The lowest BCUT2D eigenvalue weighted by Gasteiger charge is -2.43. The third kappa shape index (κ3) is 3.69. The van der Waals surface area contributed by atoms with E-state index in [4.69, 9.17) is 4.74 Å². The van der Waals surface area contributed by atoms with Crippen LogP contribution in [0.15, 0.2) is 48.5 Å². The lowest BCUT2D eigenvalue weighted by molar-refractivity contribution is -0.153. The number of rotatable bonds is 5. The van der Waals surface area contributed by atoms with E-state index in [9.17, 15) is 28.3 Å². The number of nitrogens with zero attached hydrogens (tertiary/aromatic N) is 1. The Morgan fingerprint density at radius 1 is 1.03 bits per heavy atom. The summed E-state index contributed by atoms with van der Waals surface area (Å²) in [4.78, 5) is 38.0. The van der Waals surface area contributed by atoms with Gasteiger partial charge in [0, 0.05) is 12.3 Å². The molecule has 0 aromatic heterocycles. The number of alkyl carbamates (subject to hydrolysis) is 1. The molecule has 1 heterocycles. The first-order valence-corrected chi connectivity index (χ1v) is 11.3. The van der Waals surface area contributed by atoms with Gasteiger partial charge in [0.25, 0.3) is 5.92 Å². The smallest absolute Gasteiger partial charge is 0.408 e. The summed E-state index contributed by atoms with van der Waals surface area (Å²) in [5.41, 5.74) is 2.81. The first kappa shape index (κ1) is 22.3. The molecular formula is C25H24F2N2O5. The Balaban J connectivity index is 1.29. The molecule has 1 aliphatic heterocycles. The molecule has 5 rings (SSSR count). The molecule has 0 spiro atoms. The van der Waals surface area contributed by atoms with E-state index in [-0.39, 0.29) is 25.4 Å². The highest BCUT2D eigenvalue weighted by Gasteiger charge is 2.56. The minimum absolute atomic E-state index is 0.0453. The Morgan fingerprint density at radius 3 is 2.15 bits per heavy atom. The van der Waals surface area contributed by atoms with Crippen LogP contribution in [-0.2, 0) is 14.3 Å². The monoisotopic (exact) mass is 470 g/mol. The van der Waals surface area contributed by atoms with Gasteiger partial charge in [-0.1, -0.05) is 48.5 Å². The fourth-order valence-corrected chi connectivity index (χ4v) is 5.28. The standard InChI is InChI=1S/C25H24F2N2O5/c26-25(27)12-20(21(30)31)29(14-25)22(32)24(10-5-11-24)28-23(33)34-13-19-17-8-3-1-6-15(17)16-7-2-4-9-18(16)19/h1-4,6-9,19-20H,5,10-14H2,(H,28,33)(H,30,31)/t20-/m1/s1. The second-order valence-corrected chi connectivity index (χ2v) is 9.23. The lowest BCUT2D eigenvalue weighted by atomic mass is 9.75. The Labute approximate surface area is 194 Å². The van der Waals surface area contributed by atoms with Crippen molar-refractivity contribution in [1.82, 2.24) is 10.2 Å². The van der Waals surface area contributed by atoms with Crippen LogP contribution in [0.3, 0.4) is 0 Å². The Morgan fingerprint density at radius 2 is 1.62 bits per heavy atom. The molecule has 9 heteroatoms. The summed E-state index contributed by atoms with van der Waals surface area (Å²) >= 11 is 0. The highest BCUT2D eigenvalue weighted by Crippen LogP contribution is 2.45. The molecule has 1 atom stereocenters. The van der Waals surface area contributed by atoms with Crippen LogP contribution in [0.1, 0.15) is 42.7 Å². The van der Waals surface area contributed by atoms with Crippen LogP contribution in [0.5, 0.6) is 0 Å². The largest absolute Gasteiger partial charge is 0.480 e.